The smallest absolute Gasteiger partial charge is 0.270 e. The molecule has 1 aromatic carbocycles. The van der Waals surface area contributed by atoms with Crippen molar-refractivity contribution in [3.63, 3.8) is 0 Å². The van der Waals surface area contributed by atoms with Crippen LogP contribution >= 0.6 is 0 Å². The Kier molecular flexibility index (Phi) is 4.81. The molecule has 1 fully saturated rings. The van der Waals surface area contributed by atoms with E-state index in [1.807, 2.05) is 0 Å². The van der Waals surface area contributed by atoms with E-state index in [2.05, 4.69) is 4.90 Å². The zero-order valence-electron chi connectivity index (χ0n) is 11.4. The second-order valence-corrected chi connectivity index (χ2v) is 4.94. The number of hydrogen-bond acceptors (Lipinski definition) is 5. The van der Waals surface area contributed by atoms with Crippen LogP contribution in [0.5, 0.6) is 0 Å². The number of ketones is 1. The molecule has 0 saturated carbocycles. The van der Waals surface area contributed by atoms with Crippen LogP contribution in [0.3, 0.4) is 0 Å². The average molecular weight is 278 g/mol. The molecule has 0 spiro atoms. The maximum absolute atomic E-state index is 12.1. The fraction of sp³-hybridized carbons (Fsp3) is 0.500. The monoisotopic (exact) mass is 278 g/mol. The van der Waals surface area contributed by atoms with Gasteiger partial charge >= 0.3 is 0 Å². The SMILES string of the molecule is COC1CCN(CC(=O)c2cccc([N+](=O)[O-])c2)CC1. The molecule has 6 heteroatoms. The number of piperidine rings is 1. The molecular formula is C14H18N2O4. The maximum Gasteiger partial charge on any atom is 0.270 e. The predicted octanol–water partition coefficient (Wildman–Crippen LogP) is 1.89. The Morgan fingerprint density at radius 2 is 2.15 bits per heavy atom. The van der Waals surface area contributed by atoms with E-state index in [-0.39, 0.29) is 17.6 Å². The number of likely N-dealkylation sites (tertiary alicyclic amines) is 1. The van der Waals surface area contributed by atoms with E-state index < -0.39 is 4.92 Å². The normalized spacial score (nSPS) is 17.1. The third-order valence-electron chi connectivity index (χ3n) is 3.61. The van der Waals surface area contributed by atoms with Crippen LogP contribution < -0.4 is 0 Å². The van der Waals surface area contributed by atoms with Gasteiger partial charge in [-0.25, -0.2) is 0 Å². The summed E-state index contributed by atoms with van der Waals surface area (Å²) < 4.78 is 5.28. The minimum atomic E-state index is -0.485. The van der Waals surface area contributed by atoms with Crippen LogP contribution in [-0.4, -0.2) is 48.5 Å². The number of hydrogen-bond donors (Lipinski definition) is 0. The number of rotatable bonds is 5. The summed E-state index contributed by atoms with van der Waals surface area (Å²) in [5, 5.41) is 10.7. The summed E-state index contributed by atoms with van der Waals surface area (Å²) in [6.45, 7) is 1.94. The molecule has 1 aliphatic rings. The highest BCUT2D eigenvalue weighted by Gasteiger charge is 2.21. The van der Waals surface area contributed by atoms with Crippen LogP contribution in [0, 0.1) is 10.1 Å². The number of carbonyl (C=O) groups excluding carboxylic acids is 1. The van der Waals surface area contributed by atoms with E-state index in [9.17, 15) is 14.9 Å². The summed E-state index contributed by atoms with van der Waals surface area (Å²) in [4.78, 5) is 24.4. The lowest BCUT2D eigenvalue weighted by Gasteiger charge is -2.30. The quantitative estimate of drug-likeness (QED) is 0.467. The van der Waals surface area contributed by atoms with Crippen LogP contribution in [0.15, 0.2) is 24.3 Å². The summed E-state index contributed by atoms with van der Waals surface area (Å²) in [7, 11) is 1.70. The molecule has 6 nitrogen and oxygen atoms in total. The first-order chi connectivity index (χ1) is 9.60. The third kappa shape index (κ3) is 3.61. The standard InChI is InChI=1S/C14H18N2O4/c1-20-13-5-7-15(8-6-13)10-14(17)11-3-2-4-12(9-11)16(18)19/h2-4,9,13H,5-8,10H2,1H3. The molecule has 0 bridgehead atoms. The van der Waals surface area contributed by atoms with Gasteiger partial charge in [0.05, 0.1) is 17.6 Å². The van der Waals surface area contributed by atoms with E-state index in [0.717, 1.165) is 25.9 Å². The molecule has 0 radical (unpaired) electrons. The van der Waals surface area contributed by atoms with Gasteiger partial charge in [0.25, 0.3) is 5.69 Å². The van der Waals surface area contributed by atoms with Crippen molar-refractivity contribution in [3.05, 3.63) is 39.9 Å². The van der Waals surface area contributed by atoms with Gasteiger partial charge in [-0.1, -0.05) is 12.1 Å². The lowest BCUT2D eigenvalue weighted by molar-refractivity contribution is -0.384. The number of nitrogens with zero attached hydrogens (tertiary/aromatic N) is 2. The number of ether oxygens (including phenoxy) is 1. The molecule has 20 heavy (non-hydrogen) atoms. The number of Topliss-reactive ketones (excluding diaryl/α,β-unsaturated/α-hetero) is 1. The predicted molar refractivity (Wildman–Crippen MR) is 73.9 cm³/mol. The molecule has 0 aliphatic carbocycles. The second-order valence-electron chi connectivity index (χ2n) is 4.94. The number of nitro benzene ring substituents is 1. The molecule has 2 rings (SSSR count). The summed E-state index contributed by atoms with van der Waals surface area (Å²) in [6.07, 6.45) is 2.11. The molecule has 0 atom stereocenters. The number of nitro groups is 1. The molecule has 0 N–H and O–H groups in total. The molecular weight excluding hydrogens is 260 g/mol. The fourth-order valence-corrected chi connectivity index (χ4v) is 2.39. The number of carbonyl (C=O) groups is 1. The van der Waals surface area contributed by atoms with Crippen LogP contribution in [0.2, 0.25) is 0 Å². The van der Waals surface area contributed by atoms with Crippen LogP contribution in [-0.2, 0) is 4.74 Å². The van der Waals surface area contributed by atoms with Gasteiger partial charge in [-0.3, -0.25) is 19.8 Å². The first kappa shape index (κ1) is 14.6. The highest BCUT2D eigenvalue weighted by Crippen LogP contribution is 2.16. The van der Waals surface area contributed by atoms with Crippen molar-refractivity contribution in [2.45, 2.75) is 18.9 Å². The summed E-state index contributed by atoms with van der Waals surface area (Å²) in [5.74, 6) is -0.0791. The Bertz CT molecular complexity index is 496. The maximum atomic E-state index is 12.1. The van der Waals surface area contributed by atoms with Gasteiger partial charge in [-0.2, -0.15) is 0 Å². The van der Waals surface area contributed by atoms with Crippen molar-refractivity contribution in [3.8, 4) is 0 Å². The van der Waals surface area contributed by atoms with E-state index in [1.54, 1.807) is 19.2 Å². The summed E-state index contributed by atoms with van der Waals surface area (Å²) in [6, 6.07) is 5.89. The summed E-state index contributed by atoms with van der Waals surface area (Å²) in [5.41, 5.74) is 0.349. The molecule has 1 aliphatic heterocycles. The Balaban J connectivity index is 1.95. The van der Waals surface area contributed by atoms with Crippen molar-refractivity contribution in [2.24, 2.45) is 0 Å². The lowest BCUT2D eigenvalue weighted by atomic mass is 10.1. The molecule has 0 aromatic heterocycles. The fourth-order valence-electron chi connectivity index (χ4n) is 2.39. The van der Waals surface area contributed by atoms with Gasteiger partial charge in [-0.05, 0) is 12.8 Å². The van der Waals surface area contributed by atoms with Crippen LogP contribution in [0.1, 0.15) is 23.2 Å². The molecule has 108 valence electrons. The van der Waals surface area contributed by atoms with Gasteiger partial charge in [0.1, 0.15) is 0 Å². The topological polar surface area (TPSA) is 72.7 Å². The molecule has 1 aromatic rings. The van der Waals surface area contributed by atoms with Crippen molar-refractivity contribution in [2.75, 3.05) is 26.7 Å². The van der Waals surface area contributed by atoms with Crippen LogP contribution in [0.4, 0.5) is 5.69 Å². The van der Waals surface area contributed by atoms with Gasteiger partial charge in [0.15, 0.2) is 5.78 Å². The average Bonchev–Trinajstić information content (AvgIpc) is 2.48. The molecule has 1 heterocycles. The zero-order valence-corrected chi connectivity index (χ0v) is 11.4. The van der Waals surface area contributed by atoms with Crippen LogP contribution in [0.25, 0.3) is 0 Å². The van der Waals surface area contributed by atoms with Crippen molar-refractivity contribution in [1.82, 2.24) is 4.90 Å². The Labute approximate surface area is 117 Å². The lowest BCUT2D eigenvalue weighted by Crippen LogP contribution is -2.39. The van der Waals surface area contributed by atoms with E-state index >= 15 is 0 Å². The largest absolute Gasteiger partial charge is 0.381 e. The first-order valence-electron chi connectivity index (χ1n) is 6.63. The molecule has 1 saturated heterocycles. The number of non-ortho nitro benzene ring substituents is 1. The van der Waals surface area contributed by atoms with Gasteiger partial charge in [0, 0.05) is 37.9 Å². The van der Waals surface area contributed by atoms with Crippen molar-refractivity contribution < 1.29 is 14.5 Å². The highest BCUT2D eigenvalue weighted by atomic mass is 16.6. The second kappa shape index (κ2) is 6.58. The Morgan fingerprint density at radius 3 is 2.75 bits per heavy atom. The first-order valence-corrected chi connectivity index (χ1v) is 6.63. The van der Waals surface area contributed by atoms with E-state index in [1.165, 1.54) is 12.1 Å². The third-order valence-corrected chi connectivity index (χ3v) is 3.61. The number of benzene rings is 1. The van der Waals surface area contributed by atoms with Crippen molar-refractivity contribution >= 4 is 11.5 Å². The van der Waals surface area contributed by atoms with Gasteiger partial charge in [-0.15, -0.1) is 0 Å². The molecule has 0 amide bonds. The van der Waals surface area contributed by atoms with Gasteiger partial charge < -0.3 is 4.74 Å². The van der Waals surface area contributed by atoms with Crippen molar-refractivity contribution in [1.29, 1.82) is 0 Å². The number of methoxy groups -OCH3 is 1. The van der Waals surface area contributed by atoms with E-state index in [4.69, 9.17) is 4.74 Å². The Hall–Kier alpha value is -1.79. The minimum absolute atomic E-state index is 0.0473. The Morgan fingerprint density at radius 1 is 1.45 bits per heavy atom. The highest BCUT2D eigenvalue weighted by molar-refractivity contribution is 5.98. The molecule has 0 unspecified atom stereocenters. The van der Waals surface area contributed by atoms with E-state index in [0.29, 0.717) is 12.1 Å². The summed E-state index contributed by atoms with van der Waals surface area (Å²) >= 11 is 0. The minimum Gasteiger partial charge on any atom is -0.381 e. The van der Waals surface area contributed by atoms with Gasteiger partial charge in [0.2, 0.25) is 0 Å². The zero-order chi connectivity index (χ0) is 14.5.